The van der Waals surface area contributed by atoms with Crippen molar-refractivity contribution in [3.63, 3.8) is 0 Å². The lowest BCUT2D eigenvalue weighted by Crippen LogP contribution is -2.11. The van der Waals surface area contributed by atoms with Crippen LogP contribution in [0.25, 0.3) is 93.5 Å². The predicted molar refractivity (Wildman–Crippen MR) is 272 cm³/mol. The van der Waals surface area contributed by atoms with Gasteiger partial charge in [0.05, 0.1) is 22.4 Å². The molecule has 0 aliphatic heterocycles. The Morgan fingerprint density at radius 2 is 0.719 bits per heavy atom. The first-order valence-corrected chi connectivity index (χ1v) is 22.0. The summed E-state index contributed by atoms with van der Waals surface area (Å²) in [4.78, 5) is 2.40. The number of benzene rings is 11. The van der Waals surface area contributed by atoms with E-state index in [0.717, 1.165) is 17.1 Å². The third-order valence-corrected chi connectivity index (χ3v) is 12.8. The second kappa shape index (κ2) is 15.8. The number of rotatable bonds is 8. The van der Waals surface area contributed by atoms with Crippen molar-refractivity contribution in [2.45, 2.75) is 0 Å². The summed E-state index contributed by atoms with van der Waals surface area (Å²) in [6.45, 7) is 0. The van der Waals surface area contributed by atoms with Crippen LogP contribution in [0, 0.1) is 0 Å². The Balaban J connectivity index is 0.920. The summed E-state index contributed by atoms with van der Waals surface area (Å²) >= 11 is 0. The van der Waals surface area contributed by atoms with Crippen molar-refractivity contribution in [3.8, 4) is 50.2 Å². The van der Waals surface area contributed by atoms with Gasteiger partial charge in [0.1, 0.15) is 0 Å². The van der Waals surface area contributed by atoms with Gasteiger partial charge >= 0.3 is 0 Å². The molecule has 2 heteroatoms. The van der Waals surface area contributed by atoms with Crippen molar-refractivity contribution in [2.24, 2.45) is 0 Å². The maximum absolute atomic E-state index is 2.41. The molecular weight excluding hydrogens is 773 g/mol. The molecule has 0 radical (unpaired) electrons. The van der Waals surface area contributed by atoms with Crippen LogP contribution in [0.2, 0.25) is 0 Å². The molecular formula is C62H42N2. The topological polar surface area (TPSA) is 8.17 Å². The van der Waals surface area contributed by atoms with Gasteiger partial charge in [0.25, 0.3) is 0 Å². The Labute approximate surface area is 373 Å². The minimum absolute atomic E-state index is 1.09. The molecule has 11 aromatic carbocycles. The van der Waals surface area contributed by atoms with Crippen molar-refractivity contribution in [2.75, 3.05) is 4.90 Å². The maximum atomic E-state index is 2.41. The van der Waals surface area contributed by atoms with Crippen molar-refractivity contribution in [3.05, 3.63) is 255 Å². The van der Waals surface area contributed by atoms with Crippen LogP contribution >= 0.6 is 0 Å². The lowest BCUT2D eigenvalue weighted by molar-refractivity contribution is 1.18. The molecule has 0 aliphatic carbocycles. The highest BCUT2D eigenvalue weighted by Crippen LogP contribution is 2.44. The average Bonchev–Trinajstić information content (AvgIpc) is 3.71. The number of aromatic nitrogens is 1. The summed E-state index contributed by atoms with van der Waals surface area (Å²) in [5.74, 6) is 0. The van der Waals surface area contributed by atoms with Gasteiger partial charge in [0.2, 0.25) is 0 Å². The molecule has 0 saturated heterocycles. The zero-order chi connectivity index (χ0) is 42.4. The number of anilines is 3. The number of fused-ring (bicyclic) bond motifs is 5. The summed E-state index contributed by atoms with van der Waals surface area (Å²) in [7, 11) is 0. The summed E-state index contributed by atoms with van der Waals surface area (Å²) in [6.07, 6.45) is 0. The van der Waals surface area contributed by atoms with E-state index in [0.29, 0.717) is 0 Å². The van der Waals surface area contributed by atoms with E-state index in [4.69, 9.17) is 0 Å². The lowest BCUT2D eigenvalue weighted by atomic mass is 9.95. The minimum Gasteiger partial charge on any atom is -0.310 e. The molecule has 64 heavy (non-hydrogen) atoms. The highest BCUT2D eigenvalue weighted by Gasteiger charge is 2.19. The largest absolute Gasteiger partial charge is 0.310 e. The first kappa shape index (κ1) is 37.3. The van der Waals surface area contributed by atoms with E-state index >= 15 is 0 Å². The molecule has 0 unspecified atom stereocenters. The highest BCUT2D eigenvalue weighted by atomic mass is 15.1. The number of para-hydroxylation sites is 4. The summed E-state index contributed by atoms with van der Waals surface area (Å²) in [5.41, 5.74) is 16.4. The lowest BCUT2D eigenvalue weighted by Gasteiger charge is -2.28. The summed E-state index contributed by atoms with van der Waals surface area (Å²) in [6, 6.07) is 92.6. The third kappa shape index (κ3) is 6.52. The van der Waals surface area contributed by atoms with E-state index in [-0.39, 0.29) is 0 Å². The van der Waals surface area contributed by atoms with E-state index in [1.807, 2.05) is 0 Å². The molecule has 12 rings (SSSR count). The first-order valence-electron chi connectivity index (χ1n) is 22.0. The molecule has 1 aromatic heterocycles. The van der Waals surface area contributed by atoms with E-state index in [2.05, 4.69) is 264 Å². The van der Waals surface area contributed by atoms with E-state index in [1.165, 1.54) is 93.5 Å². The maximum Gasteiger partial charge on any atom is 0.0541 e. The Hall–Kier alpha value is -8.46. The first-order chi connectivity index (χ1) is 31.7. The van der Waals surface area contributed by atoms with Gasteiger partial charge in [0, 0.05) is 33.3 Å². The fourth-order valence-electron chi connectivity index (χ4n) is 9.70. The van der Waals surface area contributed by atoms with Crippen LogP contribution in [0.3, 0.4) is 0 Å². The zero-order valence-electron chi connectivity index (χ0n) is 35.1. The van der Waals surface area contributed by atoms with Crippen LogP contribution in [0.15, 0.2) is 255 Å². The summed E-state index contributed by atoms with van der Waals surface area (Å²) < 4.78 is 2.41. The van der Waals surface area contributed by atoms with E-state index in [9.17, 15) is 0 Å². The molecule has 0 fully saturated rings. The van der Waals surface area contributed by atoms with Crippen molar-refractivity contribution in [1.82, 2.24) is 4.57 Å². The standard InChI is InChI=1S/C62H42N2/c1-2-16-49-42-50(33-30-43(49)14-1)46-36-40-52(41-37-46)63(60-25-10-6-20-56(60)55-23-13-17-47-15-3-4-18-53(47)55)51-38-34-45(35-39-51)44-28-31-48(32-29-44)54-19-5-9-24-59(54)64-61-26-11-7-21-57(61)58-22-8-12-27-62(58)64/h1-42H. The second-order valence-corrected chi connectivity index (χ2v) is 16.5. The van der Waals surface area contributed by atoms with Gasteiger partial charge in [-0.3, -0.25) is 0 Å². The molecule has 0 saturated carbocycles. The van der Waals surface area contributed by atoms with Gasteiger partial charge in [-0.05, 0) is 110 Å². The Morgan fingerprint density at radius 3 is 1.41 bits per heavy atom. The van der Waals surface area contributed by atoms with Crippen LogP contribution in [0.5, 0.6) is 0 Å². The van der Waals surface area contributed by atoms with Crippen LogP contribution in [-0.2, 0) is 0 Å². The molecule has 1 heterocycles. The van der Waals surface area contributed by atoms with Crippen LogP contribution in [0.1, 0.15) is 0 Å². The van der Waals surface area contributed by atoms with Gasteiger partial charge in [-0.1, -0.05) is 200 Å². The van der Waals surface area contributed by atoms with E-state index in [1.54, 1.807) is 0 Å². The highest BCUT2D eigenvalue weighted by molar-refractivity contribution is 6.10. The fraction of sp³-hybridized carbons (Fsp3) is 0. The third-order valence-electron chi connectivity index (χ3n) is 12.8. The van der Waals surface area contributed by atoms with Crippen molar-refractivity contribution in [1.29, 1.82) is 0 Å². The van der Waals surface area contributed by atoms with Gasteiger partial charge in [-0.2, -0.15) is 0 Å². The van der Waals surface area contributed by atoms with Gasteiger partial charge in [0.15, 0.2) is 0 Å². The Kier molecular flexibility index (Phi) is 9.20. The molecule has 0 bridgehead atoms. The van der Waals surface area contributed by atoms with E-state index < -0.39 is 0 Å². The molecule has 0 aliphatic rings. The van der Waals surface area contributed by atoms with Crippen LogP contribution in [0.4, 0.5) is 17.1 Å². The predicted octanol–water partition coefficient (Wildman–Crippen LogP) is 17.2. The number of hydrogen-bond acceptors (Lipinski definition) is 1. The molecule has 0 spiro atoms. The zero-order valence-corrected chi connectivity index (χ0v) is 35.1. The molecule has 12 aromatic rings. The fourth-order valence-corrected chi connectivity index (χ4v) is 9.70. The van der Waals surface area contributed by atoms with Gasteiger partial charge in [-0.15, -0.1) is 0 Å². The molecule has 0 N–H and O–H groups in total. The molecule has 2 nitrogen and oxygen atoms in total. The second-order valence-electron chi connectivity index (χ2n) is 16.5. The smallest absolute Gasteiger partial charge is 0.0541 e. The molecule has 0 atom stereocenters. The molecule has 0 amide bonds. The summed E-state index contributed by atoms with van der Waals surface area (Å²) in [5, 5.41) is 7.49. The average molecular weight is 815 g/mol. The van der Waals surface area contributed by atoms with Crippen LogP contribution in [-0.4, -0.2) is 4.57 Å². The van der Waals surface area contributed by atoms with Crippen molar-refractivity contribution >= 4 is 60.4 Å². The Morgan fingerprint density at radius 1 is 0.266 bits per heavy atom. The normalized spacial score (nSPS) is 11.4. The minimum atomic E-state index is 1.09. The molecule has 300 valence electrons. The SMILES string of the molecule is c1ccc(N(c2ccc(-c3ccc(-c4ccccc4-n4c5ccccc5c5ccccc54)cc3)cc2)c2ccc(-c3ccc4ccccc4c3)cc2)c(-c2cccc3ccccc23)c1. The quantitative estimate of drug-likeness (QED) is 0.148. The van der Waals surface area contributed by atoms with Crippen LogP contribution < -0.4 is 4.90 Å². The van der Waals surface area contributed by atoms with Gasteiger partial charge in [-0.25, -0.2) is 0 Å². The number of hydrogen-bond donors (Lipinski definition) is 0. The number of nitrogens with zero attached hydrogens (tertiary/aromatic N) is 2. The Bertz CT molecular complexity index is 3590. The monoisotopic (exact) mass is 814 g/mol. The van der Waals surface area contributed by atoms with Gasteiger partial charge < -0.3 is 9.47 Å². The van der Waals surface area contributed by atoms with Crippen molar-refractivity contribution < 1.29 is 0 Å².